The Morgan fingerprint density at radius 2 is 1.80 bits per heavy atom. The van der Waals surface area contributed by atoms with Crippen molar-refractivity contribution < 1.29 is 0 Å². The lowest BCUT2D eigenvalue weighted by Crippen LogP contribution is -2.17. The van der Waals surface area contributed by atoms with Gasteiger partial charge in [-0.15, -0.1) is 0 Å². The van der Waals surface area contributed by atoms with Gasteiger partial charge in [0.2, 0.25) is 5.95 Å². The molecule has 0 spiro atoms. The lowest BCUT2D eigenvalue weighted by atomic mass is 10.1. The number of para-hydroxylation sites is 1. The van der Waals surface area contributed by atoms with Gasteiger partial charge in [0, 0.05) is 29.7 Å². The van der Waals surface area contributed by atoms with E-state index in [-0.39, 0.29) is 0 Å². The van der Waals surface area contributed by atoms with Gasteiger partial charge in [-0.1, -0.05) is 35.9 Å². The predicted molar refractivity (Wildman–Crippen MR) is 103 cm³/mol. The lowest BCUT2D eigenvalue weighted by molar-refractivity contribution is 0.931. The van der Waals surface area contributed by atoms with Crippen LogP contribution in [0.2, 0.25) is 0 Å². The largest absolute Gasteiger partial charge is 0.340 e. The SMILES string of the molecule is Cc1ccc(Nc2cc(C)nc(N3CCc4ccccc43)n2)c(C)c1. The summed E-state index contributed by atoms with van der Waals surface area (Å²) in [5.41, 5.74) is 7.08. The van der Waals surface area contributed by atoms with E-state index in [9.17, 15) is 0 Å². The molecule has 1 aliphatic heterocycles. The van der Waals surface area contributed by atoms with Crippen molar-refractivity contribution in [2.75, 3.05) is 16.8 Å². The van der Waals surface area contributed by atoms with E-state index in [2.05, 4.69) is 71.5 Å². The van der Waals surface area contributed by atoms with Crippen molar-refractivity contribution in [3.63, 3.8) is 0 Å². The molecule has 1 aromatic heterocycles. The van der Waals surface area contributed by atoms with Crippen molar-refractivity contribution in [1.82, 2.24) is 9.97 Å². The summed E-state index contributed by atoms with van der Waals surface area (Å²) in [5, 5.41) is 3.45. The molecule has 3 aromatic rings. The van der Waals surface area contributed by atoms with Crippen LogP contribution in [0.4, 0.5) is 23.1 Å². The highest BCUT2D eigenvalue weighted by atomic mass is 15.3. The fourth-order valence-electron chi connectivity index (χ4n) is 3.38. The maximum Gasteiger partial charge on any atom is 0.232 e. The highest BCUT2D eigenvalue weighted by Gasteiger charge is 2.22. The molecule has 0 radical (unpaired) electrons. The number of fused-ring (bicyclic) bond motifs is 1. The van der Waals surface area contributed by atoms with Crippen LogP contribution in [0.15, 0.2) is 48.5 Å². The van der Waals surface area contributed by atoms with Crippen LogP contribution in [0.3, 0.4) is 0 Å². The molecule has 4 nitrogen and oxygen atoms in total. The number of nitrogens with zero attached hydrogens (tertiary/aromatic N) is 3. The maximum absolute atomic E-state index is 4.78. The van der Waals surface area contributed by atoms with Crippen molar-refractivity contribution in [3.8, 4) is 0 Å². The zero-order valence-electron chi connectivity index (χ0n) is 14.9. The summed E-state index contributed by atoms with van der Waals surface area (Å²) < 4.78 is 0. The molecule has 4 rings (SSSR count). The van der Waals surface area contributed by atoms with Crippen LogP contribution in [-0.4, -0.2) is 16.5 Å². The van der Waals surface area contributed by atoms with E-state index in [4.69, 9.17) is 4.98 Å². The van der Waals surface area contributed by atoms with Crippen molar-refractivity contribution in [2.24, 2.45) is 0 Å². The van der Waals surface area contributed by atoms with Crippen LogP contribution < -0.4 is 10.2 Å². The second-order valence-electron chi connectivity index (χ2n) is 6.67. The van der Waals surface area contributed by atoms with E-state index < -0.39 is 0 Å². The Balaban J connectivity index is 1.68. The Kier molecular flexibility index (Phi) is 3.88. The normalized spacial score (nSPS) is 13.0. The van der Waals surface area contributed by atoms with Gasteiger partial charge in [0.15, 0.2) is 0 Å². The Hall–Kier alpha value is -2.88. The van der Waals surface area contributed by atoms with Crippen LogP contribution in [0.25, 0.3) is 0 Å². The van der Waals surface area contributed by atoms with Gasteiger partial charge in [-0.3, -0.25) is 0 Å². The number of hydrogen-bond acceptors (Lipinski definition) is 4. The summed E-state index contributed by atoms with van der Waals surface area (Å²) in [4.78, 5) is 11.6. The summed E-state index contributed by atoms with van der Waals surface area (Å²) in [6.45, 7) is 7.15. The highest BCUT2D eigenvalue weighted by Crippen LogP contribution is 2.33. The van der Waals surface area contributed by atoms with Crippen molar-refractivity contribution >= 4 is 23.1 Å². The number of aryl methyl sites for hydroxylation is 3. The predicted octanol–water partition coefficient (Wildman–Crippen LogP) is 4.84. The molecule has 1 aliphatic rings. The van der Waals surface area contributed by atoms with E-state index in [1.54, 1.807) is 0 Å². The molecule has 2 heterocycles. The zero-order valence-corrected chi connectivity index (χ0v) is 14.9. The monoisotopic (exact) mass is 330 g/mol. The number of hydrogen-bond donors (Lipinski definition) is 1. The molecule has 25 heavy (non-hydrogen) atoms. The van der Waals surface area contributed by atoms with E-state index in [1.165, 1.54) is 22.4 Å². The molecular weight excluding hydrogens is 308 g/mol. The molecular formula is C21H22N4. The van der Waals surface area contributed by atoms with Crippen LogP contribution in [0.5, 0.6) is 0 Å². The first-order chi connectivity index (χ1) is 12.1. The van der Waals surface area contributed by atoms with Gasteiger partial charge in [0.1, 0.15) is 5.82 Å². The Morgan fingerprint density at radius 1 is 0.960 bits per heavy atom. The average molecular weight is 330 g/mol. The minimum atomic E-state index is 0.761. The molecule has 0 saturated heterocycles. The average Bonchev–Trinajstić information content (AvgIpc) is 3.01. The van der Waals surface area contributed by atoms with E-state index in [1.807, 2.05) is 13.0 Å². The van der Waals surface area contributed by atoms with Gasteiger partial charge in [-0.05, 0) is 50.5 Å². The third kappa shape index (κ3) is 3.07. The quantitative estimate of drug-likeness (QED) is 0.746. The second-order valence-corrected chi connectivity index (χ2v) is 6.67. The minimum absolute atomic E-state index is 0.761. The summed E-state index contributed by atoms with van der Waals surface area (Å²) in [6, 6.07) is 16.9. The van der Waals surface area contributed by atoms with E-state index >= 15 is 0 Å². The standard InChI is InChI=1S/C21H22N4/c1-14-8-9-18(15(2)12-14)23-20-13-16(3)22-21(24-20)25-11-10-17-6-4-5-7-19(17)25/h4-9,12-13H,10-11H2,1-3H3,(H,22,23,24). The Bertz CT molecular complexity index is 933. The fourth-order valence-corrected chi connectivity index (χ4v) is 3.38. The molecule has 0 saturated carbocycles. The van der Waals surface area contributed by atoms with E-state index in [0.29, 0.717) is 0 Å². The Morgan fingerprint density at radius 3 is 2.64 bits per heavy atom. The molecule has 0 bridgehead atoms. The van der Waals surface area contributed by atoms with Gasteiger partial charge in [0.05, 0.1) is 0 Å². The first-order valence-electron chi connectivity index (χ1n) is 8.65. The smallest absolute Gasteiger partial charge is 0.232 e. The van der Waals surface area contributed by atoms with Gasteiger partial charge >= 0.3 is 0 Å². The number of anilines is 4. The number of aromatic nitrogens is 2. The minimum Gasteiger partial charge on any atom is -0.340 e. The first kappa shape index (κ1) is 15.6. The van der Waals surface area contributed by atoms with Gasteiger partial charge < -0.3 is 10.2 Å². The van der Waals surface area contributed by atoms with Gasteiger partial charge in [0.25, 0.3) is 0 Å². The highest BCUT2D eigenvalue weighted by molar-refractivity contribution is 5.68. The number of rotatable bonds is 3. The van der Waals surface area contributed by atoms with Crippen LogP contribution >= 0.6 is 0 Å². The number of nitrogens with one attached hydrogen (secondary N) is 1. The first-order valence-corrected chi connectivity index (χ1v) is 8.65. The molecule has 4 heteroatoms. The van der Waals surface area contributed by atoms with Crippen LogP contribution in [0.1, 0.15) is 22.4 Å². The zero-order chi connectivity index (χ0) is 17.4. The third-order valence-electron chi connectivity index (χ3n) is 4.62. The molecule has 126 valence electrons. The molecule has 1 N–H and O–H groups in total. The molecule has 0 atom stereocenters. The van der Waals surface area contributed by atoms with E-state index in [0.717, 1.165) is 36.1 Å². The van der Waals surface area contributed by atoms with Crippen molar-refractivity contribution in [2.45, 2.75) is 27.2 Å². The summed E-state index contributed by atoms with van der Waals surface area (Å²) in [7, 11) is 0. The summed E-state index contributed by atoms with van der Waals surface area (Å²) >= 11 is 0. The summed E-state index contributed by atoms with van der Waals surface area (Å²) in [5.74, 6) is 1.59. The molecule has 0 fully saturated rings. The van der Waals surface area contributed by atoms with Gasteiger partial charge in [-0.25, -0.2) is 4.98 Å². The van der Waals surface area contributed by atoms with Crippen molar-refractivity contribution in [1.29, 1.82) is 0 Å². The second kappa shape index (κ2) is 6.20. The molecule has 0 amide bonds. The van der Waals surface area contributed by atoms with Crippen molar-refractivity contribution in [3.05, 3.63) is 70.9 Å². The summed E-state index contributed by atoms with van der Waals surface area (Å²) in [6.07, 6.45) is 1.04. The molecule has 2 aromatic carbocycles. The lowest BCUT2D eigenvalue weighted by Gasteiger charge is -2.19. The third-order valence-corrected chi connectivity index (χ3v) is 4.62. The van der Waals surface area contributed by atoms with Crippen LogP contribution in [0, 0.1) is 20.8 Å². The van der Waals surface area contributed by atoms with Gasteiger partial charge in [-0.2, -0.15) is 4.98 Å². The molecule has 0 aliphatic carbocycles. The Labute approximate surface area is 148 Å². The number of benzene rings is 2. The topological polar surface area (TPSA) is 41.1 Å². The van der Waals surface area contributed by atoms with Crippen LogP contribution in [-0.2, 0) is 6.42 Å². The molecule has 0 unspecified atom stereocenters. The fraction of sp³-hybridized carbons (Fsp3) is 0.238. The maximum atomic E-state index is 4.78.